The molecule has 0 saturated heterocycles. The number of hydrogen-bond donors (Lipinski definition) is 0. The highest BCUT2D eigenvalue weighted by Gasteiger charge is 2.08. The molecular weight excluding hydrogens is 250 g/mol. The molecule has 100 valence electrons. The van der Waals surface area contributed by atoms with E-state index in [0.29, 0.717) is 6.61 Å². The first-order chi connectivity index (χ1) is 9.86. The van der Waals surface area contributed by atoms with Crippen LogP contribution in [0.25, 0.3) is 22.6 Å². The molecule has 3 aromatic rings. The Morgan fingerprint density at radius 1 is 0.950 bits per heavy atom. The third kappa shape index (κ3) is 2.57. The van der Waals surface area contributed by atoms with E-state index in [2.05, 4.69) is 5.16 Å². The van der Waals surface area contributed by atoms with Gasteiger partial charge in [0.25, 0.3) is 0 Å². The number of aromatic nitrogens is 1. The lowest BCUT2D eigenvalue weighted by atomic mass is 10.1. The van der Waals surface area contributed by atoms with Crippen molar-refractivity contribution in [3.8, 4) is 28.3 Å². The molecule has 0 fully saturated rings. The van der Waals surface area contributed by atoms with Crippen molar-refractivity contribution < 1.29 is 9.26 Å². The van der Waals surface area contributed by atoms with E-state index >= 15 is 0 Å². The Morgan fingerprint density at radius 2 is 1.70 bits per heavy atom. The summed E-state index contributed by atoms with van der Waals surface area (Å²) in [7, 11) is 0. The minimum absolute atomic E-state index is 0.668. The standard InChI is InChI=1S/C17H15NO2/c1-2-19-15-10-8-13(9-11-15)16-12-17(20-18-16)14-6-4-3-5-7-14/h3-12H,2H2,1H3. The van der Waals surface area contributed by atoms with Crippen LogP contribution in [0.5, 0.6) is 5.75 Å². The van der Waals surface area contributed by atoms with Gasteiger partial charge in [-0.1, -0.05) is 35.5 Å². The van der Waals surface area contributed by atoms with Crippen molar-refractivity contribution in [3.63, 3.8) is 0 Å². The average Bonchev–Trinajstić information content (AvgIpc) is 2.99. The zero-order chi connectivity index (χ0) is 13.8. The summed E-state index contributed by atoms with van der Waals surface area (Å²) >= 11 is 0. The Labute approximate surface area is 117 Å². The summed E-state index contributed by atoms with van der Waals surface area (Å²) in [5, 5.41) is 4.12. The molecule has 0 N–H and O–H groups in total. The van der Waals surface area contributed by atoms with Gasteiger partial charge in [0, 0.05) is 17.2 Å². The Kier molecular flexibility index (Phi) is 3.50. The third-order valence-corrected chi connectivity index (χ3v) is 3.03. The largest absolute Gasteiger partial charge is 0.494 e. The number of ether oxygens (including phenoxy) is 1. The van der Waals surface area contributed by atoms with E-state index < -0.39 is 0 Å². The molecule has 0 amide bonds. The first-order valence-corrected chi connectivity index (χ1v) is 6.62. The van der Waals surface area contributed by atoms with Crippen molar-refractivity contribution in [2.75, 3.05) is 6.61 Å². The topological polar surface area (TPSA) is 35.3 Å². The van der Waals surface area contributed by atoms with Gasteiger partial charge in [-0.25, -0.2) is 0 Å². The van der Waals surface area contributed by atoms with Crippen molar-refractivity contribution in [3.05, 3.63) is 60.7 Å². The maximum Gasteiger partial charge on any atom is 0.167 e. The molecule has 0 bridgehead atoms. The molecule has 2 aromatic carbocycles. The first-order valence-electron chi connectivity index (χ1n) is 6.62. The molecule has 0 atom stereocenters. The maximum absolute atomic E-state index is 5.43. The minimum Gasteiger partial charge on any atom is -0.494 e. The number of nitrogens with zero attached hydrogens (tertiary/aromatic N) is 1. The fourth-order valence-corrected chi connectivity index (χ4v) is 2.04. The van der Waals surface area contributed by atoms with Gasteiger partial charge in [0.15, 0.2) is 5.76 Å². The summed E-state index contributed by atoms with van der Waals surface area (Å²) in [6.07, 6.45) is 0. The van der Waals surface area contributed by atoms with E-state index in [0.717, 1.165) is 28.3 Å². The molecule has 1 heterocycles. The van der Waals surface area contributed by atoms with E-state index in [9.17, 15) is 0 Å². The number of hydrogen-bond acceptors (Lipinski definition) is 3. The lowest BCUT2D eigenvalue weighted by Crippen LogP contribution is -1.90. The summed E-state index contributed by atoms with van der Waals surface area (Å²) in [4.78, 5) is 0. The first kappa shape index (κ1) is 12.5. The van der Waals surface area contributed by atoms with Gasteiger partial charge in [-0.2, -0.15) is 0 Å². The van der Waals surface area contributed by atoms with Crippen LogP contribution < -0.4 is 4.74 Å². The van der Waals surface area contributed by atoms with E-state index in [-0.39, 0.29) is 0 Å². The Bertz CT molecular complexity index is 672. The van der Waals surface area contributed by atoms with Crippen LogP contribution in [0.1, 0.15) is 6.92 Å². The maximum atomic E-state index is 5.43. The highest BCUT2D eigenvalue weighted by atomic mass is 16.5. The molecule has 3 rings (SSSR count). The monoisotopic (exact) mass is 265 g/mol. The normalized spacial score (nSPS) is 10.4. The molecule has 3 heteroatoms. The van der Waals surface area contributed by atoms with Crippen molar-refractivity contribution in [2.24, 2.45) is 0 Å². The molecule has 0 aliphatic rings. The van der Waals surface area contributed by atoms with Gasteiger partial charge in [-0.15, -0.1) is 0 Å². The molecule has 3 nitrogen and oxygen atoms in total. The lowest BCUT2D eigenvalue weighted by Gasteiger charge is -2.02. The summed E-state index contributed by atoms with van der Waals surface area (Å²) < 4.78 is 10.8. The van der Waals surface area contributed by atoms with Gasteiger partial charge in [0.2, 0.25) is 0 Å². The van der Waals surface area contributed by atoms with Gasteiger partial charge >= 0.3 is 0 Å². The summed E-state index contributed by atoms with van der Waals surface area (Å²) in [6.45, 7) is 2.64. The quantitative estimate of drug-likeness (QED) is 0.701. The molecule has 0 radical (unpaired) electrons. The molecular formula is C17H15NO2. The molecule has 0 spiro atoms. The van der Waals surface area contributed by atoms with Gasteiger partial charge in [-0.3, -0.25) is 0 Å². The van der Waals surface area contributed by atoms with Gasteiger partial charge in [0.05, 0.1) is 6.61 Å². The van der Waals surface area contributed by atoms with Crippen molar-refractivity contribution in [2.45, 2.75) is 6.92 Å². The van der Waals surface area contributed by atoms with E-state index in [1.165, 1.54) is 0 Å². The molecule has 0 saturated carbocycles. The Morgan fingerprint density at radius 3 is 2.40 bits per heavy atom. The smallest absolute Gasteiger partial charge is 0.167 e. The summed E-state index contributed by atoms with van der Waals surface area (Å²) in [5.41, 5.74) is 2.86. The Hall–Kier alpha value is -2.55. The number of benzene rings is 2. The second kappa shape index (κ2) is 5.61. The van der Waals surface area contributed by atoms with Gasteiger partial charge in [0.1, 0.15) is 11.4 Å². The Balaban J connectivity index is 1.86. The van der Waals surface area contributed by atoms with Crippen LogP contribution in [-0.2, 0) is 0 Å². The fourth-order valence-electron chi connectivity index (χ4n) is 2.04. The van der Waals surface area contributed by atoms with Crippen LogP contribution >= 0.6 is 0 Å². The van der Waals surface area contributed by atoms with Gasteiger partial charge < -0.3 is 9.26 Å². The highest BCUT2D eigenvalue weighted by Crippen LogP contribution is 2.26. The molecule has 0 aliphatic carbocycles. The highest BCUT2D eigenvalue weighted by molar-refractivity contribution is 5.66. The van der Waals surface area contributed by atoms with E-state index in [1.54, 1.807) is 0 Å². The van der Waals surface area contributed by atoms with Crippen molar-refractivity contribution >= 4 is 0 Å². The average molecular weight is 265 g/mol. The van der Waals surface area contributed by atoms with Gasteiger partial charge in [-0.05, 0) is 31.2 Å². The second-order valence-electron chi connectivity index (χ2n) is 4.40. The van der Waals surface area contributed by atoms with E-state index in [4.69, 9.17) is 9.26 Å². The molecule has 0 unspecified atom stereocenters. The molecule has 1 aromatic heterocycles. The zero-order valence-electron chi connectivity index (χ0n) is 11.2. The predicted octanol–water partition coefficient (Wildman–Crippen LogP) is 4.41. The second-order valence-corrected chi connectivity index (χ2v) is 4.40. The molecule has 20 heavy (non-hydrogen) atoms. The number of rotatable bonds is 4. The van der Waals surface area contributed by atoms with Crippen LogP contribution in [0.15, 0.2) is 65.2 Å². The zero-order valence-corrected chi connectivity index (χ0v) is 11.2. The molecule has 0 aliphatic heterocycles. The SMILES string of the molecule is CCOc1ccc(-c2cc(-c3ccccc3)on2)cc1. The fraction of sp³-hybridized carbons (Fsp3) is 0.118. The van der Waals surface area contributed by atoms with E-state index in [1.807, 2.05) is 67.6 Å². The third-order valence-electron chi connectivity index (χ3n) is 3.03. The van der Waals surface area contributed by atoms with Crippen LogP contribution in [0.4, 0.5) is 0 Å². The van der Waals surface area contributed by atoms with Crippen LogP contribution in [-0.4, -0.2) is 11.8 Å². The van der Waals surface area contributed by atoms with Crippen molar-refractivity contribution in [1.29, 1.82) is 0 Å². The minimum atomic E-state index is 0.668. The van der Waals surface area contributed by atoms with Crippen molar-refractivity contribution in [1.82, 2.24) is 5.16 Å². The van der Waals surface area contributed by atoms with Crippen LogP contribution in [0.3, 0.4) is 0 Å². The van der Waals surface area contributed by atoms with Crippen LogP contribution in [0.2, 0.25) is 0 Å². The summed E-state index contributed by atoms with van der Waals surface area (Å²) in [5.74, 6) is 1.64. The predicted molar refractivity (Wildman–Crippen MR) is 78.5 cm³/mol. The summed E-state index contributed by atoms with van der Waals surface area (Å²) in [6, 6.07) is 19.7. The lowest BCUT2D eigenvalue weighted by molar-refractivity contribution is 0.340. The van der Waals surface area contributed by atoms with Crippen LogP contribution in [0, 0.1) is 0 Å².